The van der Waals surface area contributed by atoms with E-state index in [1.165, 1.54) is 6.42 Å². The maximum absolute atomic E-state index is 6.23. The van der Waals surface area contributed by atoms with Gasteiger partial charge in [-0.3, -0.25) is 0 Å². The van der Waals surface area contributed by atoms with Gasteiger partial charge < -0.3 is 5.73 Å². The maximum Gasteiger partial charge on any atom is 0.128 e. The molecule has 1 aliphatic rings. The monoisotopic (exact) mass is 191 g/mol. The Balaban J connectivity index is 2.37. The molecule has 0 atom stereocenters. The van der Waals surface area contributed by atoms with Crippen molar-refractivity contribution < 1.29 is 0 Å². The lowest BCUT2D eigenvalue weighted by Crippen LogP contribution is -2.44. The maximum atomic E-state index is 6.23. The number of rotatable bonds is 2. The molecule has 0 aromatic carbocycles. The number of nitrogens with zero attached hydrogens (tertiary/aromatic N) is 2. The summed E-state index contributed by atoms with van der Waals surface area (Å²) >= 11 is 0. The lowest BCUT2D eigenvalue weighted by atomic mass is 9.75. The van der Waals surface area contributed by atoms with Gasteiger partial charge in [-0.1, -0.05) is 6.92 Å². The SMILES string of the molecule is CCc1nc(C)cc(C2(N)CCC2)n1. The molecule has 0 unspecified atom stereocenters. The van der Waals surface area contributed by atoms with Crippen molar-refractivity contribution in [2.24, 2.45) is 5.73 Å². The molecule has 0 aliphatic heterocycles. The summed E-state index contributed by atoms with van der Waals surface area (Å²) in [7, 11) is 0. The Morgan fingerprint density at radius 2 is 2.14 bits per heavy atom. The quantitative estimate of drug-likeness (QED) is 0.773. The molecule has 0 saturated heterocycles. The summed E-state index contributed by atoms with van der Waals surface area (Å²) < 4.78 is 0. The first-order valence-electron chi connectivity index (χ1n) is 5.28. The third-order valence-corrected chi connectivity index (χ3v) is 2.97. The second kappa shape index (κ2) is 3.31. The Kier molecular flexibility index (Phi) is 2.27. The van der Waals surface area contributed by atoms with E-state index < -0.39 is 0 Å². The first-order valence-corrected chi connectivity index (χ1v) is 5.28. The number of aryl methyl sites for hydroxylation is 2. The molecule has 1 aromatic heterocycles. The topological polar surface area (TPSA) is 51.8 Å². The third-order valence-electron chi connectivity index (χ3n) is 2.97. The molecule has 3 heteroatoms. The smallest absolute Gasteiger partial charge is 0.128 e. The zero-order chi connectivity index (χ0) is 10.2. The van der Waals surface area contributed by atoms with Gasteiger partial charge in [-0.05, 0) is 32.3 Å². The molecule has 1 fully saturated rings. The Morgan fingerprint density at radius 1 is 1.43 bits per heavy atom. The van der Waals surface area contributed by atoms with Gasteiger partial charge in [0.25, 0.3) is 0 Å². The highest BCUT2D eigenvalue weighted by atomic mass is 14.9. The van der Waals surface area contributed by atoms with E-state index in [1.54, 1.807) is 0 Å². The molecule has 0 radical (unpaired) electrons. The fourth-order valence-electron chi connectivity index (χ4n) is 1.86. The van der Waals surface area contributed by atoms with Gasteiger partial charge in [0.05, 0.1) is 11.2 Å². The van der Waals surface area contributed by atoms with Crippen molar-refractivity contribution >= 4 is 0 Å². The first-order chi connectivity index (χ1) is 6.64. The van der Waals surface area contributed by atoms with Crippen molar-refractivity contribution in [3.05, 3.63) is 23.3 Å². The molecule has 0 amide bonds. The molecule has 2 N–H and O–H groups in total. The van der Waals surface area contributed by atoms with Gasteiger partial charge in [0.2, 0.25) is 0 Å². The lowest BCUT2D eigenvalue weighted by Gasteiger charge is -2.37. The Morgan fingerprint density at radius 3 is 2.64 bits per heavy atom. The Hall–Kier alpha value is -0.960. The second-order valence-electron chi connectivity index (χ2n) is 4.17. The first kappa shape index (κ1) is 9.59. The minimum Gasteiger partial charge on any atom is -0.320 e. The van der Waals surface area contributed by atoms with Crippen molar-refractivity contribution in [3.8, 4) is 0 Å². The molecule has 76 valence electrons. The predicted octanol–water partition coefficient (Wildman–Crippen LogP) is 1.69. The summed E-state index contributed by atoms with van der Waals surface area (Å²) in [6, 6.07) is 2.03. The molecule has 3 nitrogen and oxygen atoms in total. The van der Waals surface area contributed by atoms with Crippen LogP contribution in [0.15, 0.2) is 6.07 Å². The summed E-state index contributed by atoms with van der Waals surface area (Å²) in [4.78, 5) is 8.87. The molecule has 1 heterocycles. The molecule has 1 aliphatic carbocycles. The number of hydrogen-bond acceptors (Lipinski definition) is 3. The van der Waals surface area contributed by atoms with E-state index in [9.17, 15) is 0 Å². The summed E-state index contributed by atoms with van der Waals surface area (Å²) in [5.41, 5.74) is 8.14. The van der Waals surface area contributed by atoms with E-state index >= 15 is 0 Å². The highest BCUT2D eigenvalue weighted by molar-refractivity contribution is 5.21. The van der Waals surface area contributed by atoms with Crippen LogP contribution in [-0.4, -0.2) is 9.97 Å². The summed E-state index contributed by atoms with van der Waals surface area (Å²) in [6.07, 6.45) is 4.23. The van der Waals surface area contributed by atoms with Gasteiger partial charge in [0.15, 0.2) is 0 Å². The largest absolute Gasteiger partial charge is 0.320 e. The van der Waals surface area contributed by atoms with Crippen molar-refractivity contribution in [2.75, 3.05) is 0 Å². The van der Waals surface area contributed by atoms with E-state index in [0.29, 0.717) is 0 Å². The number of aromatic nitrogens is 2. The molecule has 1 saturated carbocycles. The molecule has 14 heavy (non-hydrogen) atoms. The van der Waals surface area contributed by atoms with Crippen molar-refractivity contribution in [1.82, 2.24) is 9.97 Å². The number of nitrogens with two attached hydrogens (primary N) is 1. The zero-order valence-electron chi connectivity index (χ0n) is 8.88. The highest BCUT2D eigenvalue weighted by Gasteiger charge is 2.36. The number of hydrogen-bond donors (Lipinski definition) is 1. The predicted molar refractivity (Wildman–Crippen MR) is 55.9 cm³/mol. The summed E-state index contributed by atoms with van der Waals surface area (Å²) in [5.74, 6) is 0.914. The van der Waals surface area contributed by atoms with Crippen LogP contribution in [-0.2, 0) is 12.0 Å². The van der Waals surface area contributed by atoms with Crippen LogP contribution in [0.3, 0.4) is 0 Å². The van der Waals surface area contributed by atoms with Crippen molar-refractivity contribution in [3.63, 3.8) is 0 Å². The average Bonchev–Trinajstić information content (AvgIpc) is 2.13. The minimum absolute atomic E-state index is 0.155. The zero-order valence-corrected chi connectivity index (χ0v) is 8.88. The molecule has 0 spiro atoms. The lowest BCUT2D eigenvalue weighted by molar-refractivity contribution is 0.245. The second-order valence-corrected chi connectivity index (χ2v) is 4.17. The Bertz CT molecular complexity index is 342. The van der Waals surface area contributed by atoms with Crippen LogP contribution in [0.25, 0.3) is 0 Å². The van der Waals surface area contributed by atoms with Crippen molar-refractivity contribution in [1.29, 1.82) is 0 Å². The molecule has 0 bridgehead atoms. The van der Waals surface area contributed by atoms with Gasteiger partial charge in [-0.25, -0.2) is 9.97 Å². The standard InChI is InChI=1S/C11H17N3/c1-3-10-13-8(2)7-9(14-10)11(12)5-4-6-11/h7H,3-6,12H2,1-2H3. The fourth-order valence-corrected chi connectivity index (χ4v) is 1.86. The van der Waals surface area contributed by atoms with Crippen LogP contribution < -0.4 is 5.73 Å². The van der Waals surface area contributed by atoms with Crippen molar-refractivity contribution in [2.45, 2.75) is 45.1 Å². The van der Waals surface area contributed by atoms with Crippen LogP contribution in [0.4, 0.5) is 0 Å². The molecule has 1 aromatic rings. The Labute approximate surface area is 84.8 Å². The van der Waals surface area contributed by atoms with E-state index in [2.05, 4.69) is 16.9 Å². The fraction of sp³-hybridized carbons (Fsp3) is 0.636. The van der Waals surface area contributed by atoms with Gasteiger partial charge in [-0.15, -0.1) is 0 Å². The van der Waals surface area contributed by atoms with Gasteiger partial charge in [0, 0.05) is 12.1 Å². The highest BCUT2D eigenvalue weighted by Crippen LogP contribution is 2.37. The summed E-state index contributed by atoms with van der Waals surface area (Å²) in [5, 5.41) is 0. The van der Waals surface area contributed by atoms with E-state index in [4.69, 9.17) is 5.73 Å². The van der Waals surface area contributed by atoms with Gasteiger partial charge >= 0.3 is 0 Å². The van der Waals surface area contributed by atoms with Crippen LogP contribution in [0.5, 0.6) is 0 Å². The van der Waals surface area contributed by atoms with Crippen LogP contribution in [0.1, 0.15) is 43.4 Å². The van der Waals surface area contributed by atoms with E-state index in [1.807, 2.05) is 13.0 Å². The van der Waals surface area contributed by atoms with E-state index in [0.717, 1.165) is 36.5 Å². The molecular weight excluding hydrogens is 174 g/mol. The van der Waals surface area contributed by atoms with Gasteiger partial charge in [0.1, 0.15) is 5.82 Å². The normalized spacial score (nSPS) is 19.1. The van der Waals surface area contributed by atoms with Crippen LogP contribution in [0, 0.1) is 6.92 Å². The molecular formula is C11H17N3. The minimum atomic E-state index is -0.155. The van der Waals surface area contributed by atoms with Crippen LogP contribution >= 0.6 is 0 Å². The average molecular weight is 191 g/mol. The van der Waals surface area contributed by atoms with Gasteiger partial charge in [-0.2, -0.15) is 0 Å². The van der Waals surface area contributed by atoms with Crippen LogP contribution in [0.2, 0.25) is 0 Å². The van der Waals surface area contributed by atoms with E-state index in [-0.39, 0.29) is 5.54 Å². The summed E-state index contributed by atoms with van der Waals surface area (Å²) in [6.45, 7) is 4.08. The molecule has 2 rings (SSSR count). The third kappa shape index (κ3) is 1.52.